The molecule has 30 nitrogen and oxygen atoms in total. The molecule has 0 aliphatic rings. The maximum Gasteiger partial charge on any atom is 0.335 e. The molecule has 1 atom stereocenters. The second-order valence-electron chi connectivity index (χ2n) is 18.9. The maximum atomic E-state index is 13.8. The van der Waals surface area contributed by atoms with Gasteiger partial charge in [-0.05, 0) is 48.5 Å². The van der Waals surface area contributed by atoms with Crippen LogP contribution in [0.5, 0.6) is 17.2 Å². The monoisotopic (exact) mass is 1350 g/mol. The van der Waals surface area contributed by atoms with E-state index in [1.807, 2.05) is 0 Å². The highest BCUT2D eigenvalue weighted by Gasteiger charge is 2.25. The van der Waals surface area contributed by atoms with Crippen LogP contribution in [0.4, 0.5) is 17.6 Å². The van der Waals surface area contributed by atoms with E-state index in [1.165, 1.54) is 0 Å². The van der Waals surface area contributed by atoms with Crippen molar-refractivity contribution in [3.05, 3.63) is 77.9 Å². The van der Waals surface area contributed by atoms with E-state index in [0.29, 0.717) is 68.9 Å². The number of nitrogens with one attached hydrogen (secondary N) is 3. The molecule has 0 aliphatic carbocycles. The number of carbonyl (C=O) groups is 4. The fraction of sp³-hybridized carbons (Fsp3) is 0.536. The van der Waals surface area contributed by atoms with Gasteiger partial charge in [-0.15, -0.1) is 10.2 Å². The first-order chi connectivity index (χ1) is 44.3. The molecule has 3 N–H and O–H groups in total. The van der Waals surface area contributed by atoms with Crippen LogP contribution in [0.2, 0.25) is 0 Å². The number of benzene rings is 3. The van der Waals surface area contributed by atoms with Crippen LogP contribution < -0.4 is 30.2 Å². The standard InChI is InChI=1S/C56H73F4N7O23S2/c1-91(72,73)55-66-64-53(89-55)39-3-7-41(8-4-39)86-35-33-84-31-29-82-27-25-80-23-20-76-15-11-46(68)62-38-45(52(71)61-14-18-79-22-19-78-17-13-48(70)88-51-49(59)43(57)37-44(58)50(51)60)63-47(69)12-16-77-21-24-81-26-28-83-30-32-85-34-36-87-42-9-5-40(6-10-42)54-65-67-56(90-54)92(2,74)75/h3-10,37,45H,11-36,38H2,1-2H3,(H,61,71)(H,62,68)(H,63,69)/t45-/m0/s1. The van der Waals surface area contributed by atoms with Gasteiger partial charge in [-0.2, -0.15) is 8.78 Å². The Balaban J connectivity index is 0.873. The number of nitrogens with zero attached hydrogens (tertiary/aromatic N) is 4. The average molecular weight is 1350 g/mol. The molecule has 3 aromatic carbocycles. The molecule has 0 saturated carbocycles. The van der Waals surface area contributed by atoms with Crippen LogP contribution in [0.3, 0.4) is 0 Å². The first-order valence-electron chi connectivity index (χ1n) is 28.5. The molecule has 36 heteroatoms. The molecule has 0 fully saturated rings. The number of carbonyl (C=O) groups excluding carboxylic acids is 4. The van der Waals surface area contributed by atoms with Crippen LogP contribution in [0.25, 0.3) is 22.9 Å². The van der Waals surface area contributed by atoms with Crippen molar-refractivity contribution < 1.29 is 124 Å². The van der Waals surface area contributed by atoms with Gasteiger partial charge in [0.25, 0.3) is 0 Å². The summed E-state index contributed by atoms with van der Waals surface area (Å²) in [7, 11) is -7.24. The van der Waals surface area contributed by atoms with Crippen molar-refractivity contribution in [3.63, 3.8) is 0 Å². The molecule has 2 heterocycles. The first-order valence-corrected chi connectivity index (χ1v) is 32.2. The lowest BCUT2D eigenvalue weighted by Crippen LogP contribution is -2.53. The Morgan fingerprint density at radius 1 is 0.457 bits per heavy atom. The number of amides is 3. The van der Waals surface area contributed by atoms with Crippen LogP contribution >= 0.6 is 0 Å². The molecule has 0 aliphatic heterocycles. The van der Waals surface area contributed by atoms with Gasteiger partial charge in [0.2, 0.25) is 66.6 Å². The number of esters is 1. The number of halogens is 4. The van der Waals surface area contributed by atoms with E-state index in [4.69, 9.17) is 65.7 Å². The molecule has 0 bridgehead atoms. The molecule has 0 spiro atoms. The van der Waals surface area contributed by atoms with Crippen molar-refractivity contribution in [2.45, 2.75) is 35.7 Å². The first kappa shape index (κ1) is 75.4. The smallest absolute Gasteiger partial charge is 0.335 e. The quantitative estimate of drug-likeness (QED) is 0.0165. The lowest BCUT2D eigenvalue weighted by Gasteiger charge is -2.19. The number of hydrogen-bond donors (Lipinski definition) is 3. The van der Waals surface area contributed by atoms with Crippen molar-refractivity contribution in [3.8, 4) is 40.2 Å². The normalized spacial score (nSPS) is 12.0. The van der Waals surface area contributed by atoms with Crippen LogP contribution in [-0.2, 0) is 86.2 Å². The minimum atomic E-state index is -3.62. The Hall–Kier alpha value is -7.36. The number of ether oxygens (including phenoxy) is 13. The molecule has 5 aromatic rings. The predicted octanol–water partition coefficient (Wildman–Crippen LogP) is 2.27. The van der Waals surface area contributed by atoms with E-state index in [-0.39, 0.29) is 143 Å². The van der Waals surface area contributed by atoms with Gasteiger partial charge in [-0.3, -0.25) is 19.2 Å². The number of hydrogen-bond acceptors (Lipinski definition) is 27. The molecule has 3 amide bonds. The van der Waals surface area contributed by atoms with E-state index >= 15 is 0 Å². The third-order valence-corrected chi connectivity index (χ3v) is 13.2. The highest BCUT2D eigenvalue weighted by atomic mass is 32.2. The van der Waals surface area contributed by atoms with Gasteiger partial charge in [-0.25, -0.2) is 25.6 Å². The van der Waals surface area contributed by atoms with Crippen molar-refractivity contribution >= 4 is 43.4 Å². The van der Waals surface area contributed by atoms with Gasteiger partial charge in [0, 0.05) is 55.6 Å². The van der Waals surface area contributed by atoms with E-state index in [9.17, 15) is 53.6 Å². The van der Waals surface area contributed by atoms with E-state index in [1.54, 1.807) is 48.5 Å². The van der Waals surface area contributed by atoms with Crippen molar-refractivity contribution in [2.24, 2.45) is 0 Å². The summed E-state index contributed by atoms with van der Waals surface area (Å²) in [6.45, 7) is 3.57. The van der Waals surface area contributed by atoms with Crippen LogP contribution in [0.15, 0.2) is 73.9 Å². The molecule has 0 unspecified atom stereocenters. The molecule has 92 heavy (non-hydrogen) atoms. The van der Waals surface area contributed by atoms with Crippen LogP contribution in [0.1, 0.15) is 19.3 Å². The van der Waals surface area contributed by atoms with Gasteiger partial charge in [0.1, 0.15) is 30.8 Å². The molecule has 5 rings (SSSR count). The Morgan fingerprint density at radius 2 is 0.815 bits per heavy atom. The summed E-state index contributed by atoms with van der Waals surface area (Å²) in [4.78, 5) is 50.8. The number of aromatic nitrogens is 4. The summed E-state index contributed by atoms with van der Waals surface area (Å²) in [5.41, 5.74) is 1.05. The van der Waals surface area contributed by atoms with Crippen molar-refractivity contribution in [2.75, 3.05) is 171 Å². The van der Waals surface area contributed by atoms with Crippen LogP contribution in [0, 0.1) is 23.3 Å². The summed E-state index contributed by atoms with van der Waals surface area (Å²) in [6.07, 6.45) is 1.22. The van der Waals surface area contributed by atoms with Gasteiger partial charge in [0.15, 0.2) is 11.6 Å². The molecule has 0 saturated heterocycles. The Kier molecular flexibility index (Phi) is 34.4. The highest BCUT2D eigenvalue weighted by molar-refractivity contribution is 7.90. The Bertz CT molecular complexity index is 3220. The second-order valence-corrected chi connectivity index (χ2v) is 22.7. The fourth-order valence-corrected chi connectivity index (χ4v) is 7.90. The highest BCUT2D eigenvalue weighted by Crippen LogP contribution is 2.27. The zero-order chi connectivity index (χ0) is 66.4. The van der Waals surface area contributed by atoms with E-state index in [0.717, 1.165) is 12.5 Å². The van der Waals surface area contributed by atoms with Gasteiger partial charge >= 0.3 is 16.4 Å². The molecular weight excluding hydrogens is 1280 g/mol. The fourth-order valence-electron chi connectivity index (χ4n) is 7.06. The lowest BCUT2D eigenvalue weighted by molar-refractivity contribution is -0.136. The van der Waals surface area contributed by atoms with E-state index < -0.39 is 95.3 Å². The number of rotatable bonds is 50. The summed E-state index contributed by atoms with van der Waals surface area (Å²) < 4.78 is 181. The number of sulfone groups is 2. The lowest BCUT2D eigenvalue weighted by atomic mass is 10.2. The van der Waals surface area contributed by atoms with Crippen molar-refractivity contribution in [1.82, 2.24) is 36.3 Å². The third-order valence-electron chi connectivity index (χ3n) is 11.6. The third kappa shape index (κ3) is 29.9. The molecule has 510 valence electrons. The summed E-state index contributed by atoms with van der Waals surface area (Å²) >= 11 is 0. The van der Waals surface area contributed by atoms with Crippen molar-refractivity contribution in [1.29, 1.82) is 0 Å². The van der Waals surface area contributed by atoms with Gasteiger partial charge in [-0.1, -0.05) is 10.2 Å². The predicted molar refractivity (Wildman–Crippen MR) is 309 cm³/mol. The Labute approximate surface area is 526 Å². The largest absolute Gasteiger partial charge is 0.491 e. The van der Waals surface area contributed by atoms with E-state index in [2.05, 4.69) is 41.1 Å². The van der Waals surface area contributed by atoms with Gasteiger partial charge < -0.3 is 86.4 Å². The zero-order valence-corrected chi connectivity index (χ0v) is 52.0. The summed E-state index contributed by atoms with van der Waals surface area (Å²) in [5.74, 6) is -10.4. The van der Waals surface area contributed by atoms with Crippen LogP contribution in [-0.4, -0.2) is 238 Å². The molecule has 2 aromatic heterocycles. The second kappa shape index (κ2) is 42.0. The minimum Gasteiger partial charge on any atom is -0.491 e. The molecular formula is C56H73F4N7O23S2. The minimum absolute atomic E-state index is 0.0131. The summed E-state index contributed by atoms with van der Waals surface area (Å²) in [5, 5.41) is 21.4. The maximum absolute atomic E-state index is 13.8. The summed E-state index contributed by atoms with van der Waals surface area (Å²) in [6, 6.07) is 12.1. The molecule has 0 radical (unpaired) electrons. The average Bonchev–Trinajstić information content (AvgIpc) is 1.34. The zero-order valence-electron chi connectivity index (χ0n) is 50.4. The Morgan fingerprint density at radius 3 is 1.21 bits per heavy atom. The SMILES string of the molecule is CS(=O)(=O)c1nnc(-c2ccc(OCCOCCOCCOCCOCCC(=O)NC[C@H](NC(=O)CCOCCOCCOCCOCCOc3ccc(-c4nnc(S(C)(=O)=O)o4)cc3)C(=O)NCCOCCOCCC(=O)Oc3c(F)c(F)cc(F)c3F)cc2)o1. The van der Waals surface area contributed by atoms with Gasteiger partial charge in [0.05, 0.1) is 139 Å². The topological polar surface area (TPSA) is 370 Å².